The molecule has 3 aromatic rings. The summed E-state index contributed by atoms with van der Waals surface area (Å²) in [5.74, 6) is -0.725. The van der Waals surface area contributed by atoms with Crippen LogP contribution in [-0.4, -0.2) is 13.7 Å². The zero-order chi connectivity index (χ0) is 18.0. The Labute approximate surface area is 156 Å². The number of rotatable bonds is 4. The van der Waals surface area contributed by atoms with Gasteiger partial charge in [0.05, 0.1) is 5.75 Å². The Morgan fingerprint density at radius 1 is 1.12 bits per heavy atom. The molecule has 1 unspecified atom stereocenters. The van der Waals surface area contributed by atoms with Gasteiger partial charge < -0.3 is 4.55 Å². The third kappa shape index (κ3) is 4.03. The van der Waals surface area contributed by atoms with Crippen LogP contribution in [0.1, 0.15) is 11.1 Å². The van der Waals surface area contributed by atoms with E-state index in [1.54, 1.807) is 24.5 Å². The lowest BCUT2D eigenvalue weighted by Crippen LogP contribution is -1.97. The van der Waals surface area contributed by atoms with Crippen LogP contribution in [0.25, 0.3) is 22.3 Å². The second kappa shape index (κ2) is 7.56. The summed E-state index contributed by atoms with van der Waals surface area (Å²) in [6, 6.07) is 12.6. The van der Waals surface area contributed by atoms with E-state index in [1.165, 1.54) is 6.07 Å². The first-order valence-electron chi connectivity index (χ1n) is 7.52. The first-order valence-corrected chi connectivity index (χ1v) is 9.59. The van der Waals surface area contributed by atoms with Crippen molar-refractivity contribution in [2.75, 3.05) is 0 Å². The van der Waals surface area contributed by atoms with Gasteiger partial charge in [0, 0.05) is 28.0 Å². The summed E-state index contributed by atoms with van der Waals surface area (Å²) in [5, 5.41) is 0. The summed E-state index contributed by atoms with van der Waals surface area (Å²) >= 11 is 1.47. The number of hydrogen-bond acceptors (Lipinski definition) is 2. The second-order valence-electron chi connectivity index (χ2n) is 5.66. The van der Waals surface area contributed by atoms with E-state index in [-0.39, 0.29) is 11.3 Å². The zero-order valence-corrected chi connectivity index (χ0v) is 15.8. The molecule has 0 aliphatic carbocycles. The highest BCUT2D eigenvalue weighted by Crippen LogP contribution is 2.34. The quantitative estimate of drug-likeness (QED) is 0.579. The molecule has 0 saturated heterocycles. The third-order valence-electron chi connectivity index (χ3n) is 3.95. The maximum absolute atomic E-state index is 14.3. The average molecular weight is 420 g/mol. The fourth-order valence-corrected chi connectivity index (χ4v) is 3.48. The van der Waals surface area contributed by atoms with E-state index in [4.69, 9.17) is 4.55 Å². The van der Waals surface area contributed by atoms with Crippen LogP contribution in [0.2, 0.25) is 0 Å². The molecule has 0 radical (unpaired) electrons. The first kappa shape index (κ1) is 17.9. The fourth-order valence-electron chi connectivity index (χ4n) is 2.60. The number of aryl methyl sites for hydroxylation is 1. The van der Waals surface area contributed by atoms with Gasteiger partial charge >= 0.3 is 0 Å². The summed E-state index contributed by atoms with van der Waals surface area (Å²) in [7, 11) is 0. The van der Waals surface area contributed by atoms with Gasteiger partial charge in [-0.15, -0.1) is 0 Å². The van der Waals surface area contributed by atoms with Crippen LogP contribution in [0.4, 0.5) is 4.39 Å². The van der Waals surface area contributed by atoms with Crippen molar-refractivity contribution in [2.24, 2.45) is 0 Å². The largest absolute Gasteiger partial charge is 0.306 e. The minimum atomic E-state index is -2.07. The Hall–Kier alpha value is -1.89. The van der Waals surface area contributed by atoms with Crippen molar-refractivity contribution in [3.05, 3.63) is 76.3 Å². The Balaban J connectivity index is 2.08. The van der Waals surface area contributed by atoms with Crippen molar-refractivity contribution < 1.29 is 13.2 Å². The number of pyridine rings is 1. The van der Waals surface area contributed by atoms with Crippen LogP contribution in [0.5, 0.6) is 0 Å². The van der Waals surface area contributed by atoms with Gasteiger partial charge in [-0.3, -0.25) is 4.98 Å². The molecule has 1 atom stereocenters. The van der Waals surface area contributed by atoms with Crippen LogP contribution >= 0.6 is 15.9 Å². The highest BCUT2D eigenvalue weighted by atomic mass is 79.9. The molecule has 0 spiro atoms. The van der Waals surface area contributed by atoms with Gasteiger partial charge in [-0.05, 0) is 47.4 Å². The van der Waals surface area contributed by atoms with Crippen molar-refractivity contribution in [3.63, 3.8) is 0 Å². The molecule has 1 aromatic heterocycles. The number of aromatic nitrogens is 1. The maximum Gasteiger partial charge on any atom is 0.157 e. The number of hydrogen-bond donors (Lipinski definition) is 1. The number of nitrogens with zero attached hydrogens (tertiary/aromatic N) is 1. The maximum atomic E-state index is 14.3. The molecular formula is C19H15BrFNO2S. The van der Waals surface area contributed by atoms with E-state index >= 15 is 0 Å². The molecule has 3 rings (SSSR count). The summed E-state index contributed by atoms with van der Waals surface area (Å²) in [4.78, 5) is 4.16. The molecular weight excluding hydrogens is 405 g/mol. The standard InChI is InChI=1S/C19H15BrFNO2S/c1-12-2-3-13(8-18(12)20)16-6-7-22-10-17(16)14-4-5-15(11-25(23)24)19(21)9-14/h2-10H,11H2,1H3,(H,23,24). The lowest BCUT2D eigenvalue weighted by molar-refractivity contribution is 0.559. The summed E-state index contributed by atoms with van der Waals surface area (Å²) in [5.41, 5.74) is 4.75. The van der Waals surface area contributed by atoms with E-state index in [1.807, 2.05) is 31.2 Å². The van der Waals surface area contributed by atoms with Crippen molar-refractivity contribution >= 4 is 27.0 Å². The fraction of sp³-hybridized carbons (Fsp3) is 0.105. The molecule has 2 aromatic carbocycles. The minimum absolute atomic E-state index is 0.216. The molecule has 1 heterocycles. The summed E-state index contributed by atoms with van der Waals surface area (Å²) in [6.45, 7) is 2.01. The number of benzene rings is 2. The van der Waals surface area contributed by atoms with Crippen LogP contribution < -0.4 is 0 Å². The first-order chi connectivity index (χ1) is 12.0. The molecule has 0 fully saturated rings. The van der Waals surface area contributed by atoms with Crippen molar-refractivity contribution in [1.29, 1.82) is 0 Å². The lowest BCUT2D eigenvalue weighted by atomic mass is 9.95. The van der Waals surface area contributed by atoms with Gasteiger partial charge in [-0.2, -0.15) is 0 Å². The van der Waals surface area contributed by atoms with Crippen molar-refractivity contribution in [3.8, 4) is 22.3 Å². The van der Waals surface area contributed by atoms with Crippen LogP contribution in [0.3, 0.4) is 0 Å². The lowest BCUT2D eigenvalue weighted by Gasteiger charge is -2.12. The SMILES string of the molecule is Cc1ccc(-c2ccncc2-c2ccc(CS(=O)O)c(F)c2)cc1Br. The highest BCUT2D eigenvalue weighted by Gasteiger charge is 2.12. The van der Waals surface area contributed by atoms with Crippen molar-refractivity contribution in [2.45, 2.75) is 12.7 Å². The van der Waals surface area contributed by atoms with Crippen LogP contribution in [-0.2, 0) is 16.8 Å². The third-order valence-corrected chi connectivity index (χ3v) is 5.36. The molecule has 0 saturated carbocycles. The van der Waals surface area contributed by atoms with E-state index in [0.717, 1.165) is 26.7 Å². The molecule has 6 heteroatoms. The number of halogens is 2. The van der Waals surface area contributed by atoms with Crippen molar-refractivity contribution in [1.82, 2.24) is 4.98 Å². The normalized spacial score (nSPS) is 12.2. The minimum Gasteiger partial charge on any atom is -0.306 e. The molecule has 0 aliphatic rings. The van der Waals surface area contributed by atoms with E-state index < -0.39 is 16.9 Å². The second-order valence-corrected chi connectivity index (χ2v) is 7.44. The predicted molar refractivity (Wildman–Crippen MR) is 102 cm³/mol. The van der Waals surface area contributed by atoms with Gasteiger partial charge in [-0.25, -0.2) is 8.60 Å². The molecule has 0 aliphatic heterocycles. The van der Waals surface area contributed by atoms with Gasteiger partial charge in [0.2, 0.25) is 0 Å². The Bertz CT molecular complexity index is 962. The topological polar surface area (TPSA) is 50.2 Å². The summed E-state index contributed by atoms with van der Waals surface area (Å²) in [6.07, 6.45) is 3.40. The molecule has 3 nitrogen and oxygen atoms in total. The molecule has 0 bridgehead atoms. The molecule has 25 heavy (non-hydrogen) atoms. The molecule has 1 N–H and O–H groups in total. The summed E-state index contributed by atoms with van der Waals surface area (Å²) < 4.78 is 35.1. The van der Waals surface area contributed by atoms with Crippen LogP contribution in [0.15, 0.2) is 59.3 Å². The highest BCUT2D eigenvalue weighted by molar-refractivity contribution is 9.10. The predicted octanol–water partition coefficient (Wildman–Crippen LogP) is 5.35. The van der Waals surface area contributed by atoms with Gasteiger partial charge in [0.15, 0.2) is 11.1 Å². The Kier molecular flexibility index (Phi) is 5.42. The monoisotopic (exact) mass is 419 g/mol. The van der Waals surface area contributed by atoms with Gasteiger partial charge in [-0.1, -0.05) is 40.2 Å². The molecule has 0 amide bonds. The Morgan fingerprint density at radius 2 is 1.84 bits per heavy atom. The molecule has 128 valence electrons. The zero-order valence-electron chi connectivity index (χ0n) is 13.4. The van der Waals surface area contributed by atoms with E-state index in [2.05, 4.69) is 20.9 Å². The van der Waals surface area contributed by atoms with Gasteiger partial charge in [0.25, 0.3) is 0 Å². The van der Waals surface area contributed by atoms with Gasteiger partial charge in [0.1, 0.15) is 5.82 Å². The Morgan fingerprint density at radius 3 is 2.52 bits per heavy atom. The van der Waals surface area contributed by atoms with E-state index in [0.29, 0.717) is 5.56 Å². The van der Waals surface area contributed by atoms with Crippen LogP contribution in [0, 0.1) is 12.7 Å². The smallest absolute Gasteiger partial charge is 0.157 e. The van der Waals surface area contributed by atoms with E-state index in [9.17, 15) is 8.60 Å². The average Bonchev–Trinajstić information content (AvgIpc) is 2.59.